The van der Waals surface area contributed by atoms with Gasteiger partial charge in [-0.2, -0.15) is 11.8 Å². The number of nitrogens with one attached hydrogen (secondary N) is 1. The molecule has 2 aliphatic rings. The molecule has 0 bridgehead atoms. The molecule has 3 rings (SSSR count). The molecular weight excluding hydrogens is 222 g/mol. The Balaban J connectivity index is 2.02. The Morgan fingerprint density at radius 1 is 1.40 bits per heavy atom. The first-order valence-electron chi connectivity index (χ1n) is 5.72. The Hall–Kier alpha value is 0.01000. The molecule has 1 N–H and O–H groups in total. The summed E-state index contributed by atoms with van der Waals surface area (Å²) in [6.07, 6.45) is 3.85. The second kappa shape index (κ2) is 3.79. The van der Waals surface area contributed by atoms with Crippen molar-refractivity contribution in [1.29, 1.82) is 0 Å². The van der Waals surface area contributed by atoms with Gasteiger partial charge in [0.15, 0.2) is 0 Å². The lowest BCUT2D eigenvalue weighted by Gasteiger charge is -2.43. The molecule has 0 saturated carbocycles. The van der Waals surface area contributed by atoms with Crippen LogP contribution >= 0.6 is 23.1 Å². The Labute approximate surface area is 99.7 Å². The van der Waals surface area contributed by atoms with E-state index >= 15 is 0 Å². The van der Waals surface area contributed by atoms with Crippen molar-refractivity contribution in [2.24, 2.45) is 0 Å². The van der Waals surface area contributed by atoms with Crippen molar-refractivity contribution in [3.05, 3.63) is 21.9 Å². The van der Waals surface area contributed by atoms with Crippen LogP contribution in [0.15, 0.2) is 11.4 Å². The van der Waals surface area contributed by atoms with Gasteiger partial charge in [-0.15, -0.1) is 11.3 Å². The van der Waals surface area contributed by atoms with E-state index in [1.165, 1.54) is 30.8 Å². The molecule has 1 atom stereocenters. The second-order valence-electron chi connectivity index (χ2n) is 4.72. The molecular formula is C12H17NS2. The molecule has 82 valence electrons. The van der Waals surface area contributed by atoms with Crippen LogP contribution in [0.25, 0.3) is 0 Å². The first kappa shape index (κ1) is 10.2. The molecule has 3 heteroatoms. The molecule has 1 nitrogen and oxygen atoms in total. The van der Waals surface area contributed by atoms with Crippen molar-refractivity contribution >= 4 is 23.1 Å². The van der Waals surface area contributed by atoms with Crippen molar-refractivity contribution in [2.75, 3.05) is 11.5 Å². The van der Waals surface area contributed by atoms with Crippen molar-refractivity contribution < 1.29 is 0 Å². The van der Waals surface area contributed by atoms with Crippen LogP contribution in [0.3, 0.4) is 0 Å². The van der Waals surface area contributed by atoms with Crippen molar-refractivity contribution in [1.82, 2.24) is 5.32 Å². The van der Waals surface area contributed by atoms with Crippen LogP contribution in [0.5, 0.6) is 0 Å². The summed E-state index contributed by atoms with van der Waals surface area (Å²) in [5.41, 5.74) is 1.95. The van der Waals surface area contributed by atoms with Crippen molar-refractivity contribution in [3.63, 3.8) is 0 Å². The number of fused-ring (bicyclic) bond motifs is 2. The molecule has 1 aromatic heterocycles. The van der Waals surface area contributed by atoms with Gasteiger partial charge in [0.1, 0.15) is 0 Å². The van der Waals surface area contributed by atoms with Crippen molar-refractivity contribution in [2.45, 2.75) is 37.8 Å². The van der Waals surface area contributed by atoms with Gasteiger partial charge in [-0.1, -0.05) is 0 Å². The lowest BCUT2D eigenvalue weighted by molar-refractivity contribution is 0.259. The number of hydrogen-bond acceptors (Lipinski definition) is 3. The average Bonchev–Trinajstić information content (AvgIpc) is 2.67. The molecule has 3 heterocycles. The monoisotopic (exact) mass is 239 g/mol. The van der Waals surface area contributed by atoms with Crippen LogP contribution in [-0.4, -0.2) is 17.5 Å². The molecule has 0 amide bonds. The minimum Gasteiger partial charge on any atom is -0.304 e. The summed E-state index contributed by atoms with van der Waals surface area (Å²) in [6, 6.07) is 2.98. The minimum absolute atomic E-state index is 0.340. The van der Waals surface area contributed by atoms with Crippen LogP contribution in [0.2, 0.25) is 0 Å². The van der Waals surface area contributed by atoms with E-state index in [0.29, 0.717) is 11.6 Å². The third kappa shape index (κ3) is 1.65. The maximum Gasteiger partial charge on any atom is 0.0549 e. The van der Waals surface area contributed by atoms with Gasteiger partial charge in [-0.05, 0) is 54.7 Å². The number of rotatable bonds is 0. The van der Waals surface area contributed by atoms with E-state index in [4.69, 9.17) is 0 Å². The predicted molar refractivity (Wildman–Crippen MR) is 68.9 cm³/mol. The highest BCUT2D eigenvalue weighted by molar-refractivity contribution is 7.99. The lowest BCUT2D eigenvalue weighted by atomic mass is 9.82. The zero-order chi connectivity index (χ0) is 10.3. The fourth-order valence-corrected chi connectivity index (χ4v) is 5.28. The van der Waals surface area contributed by atoms with Crippen LogP contribution in [0, 0.1) is 0 Å². The zero-order valence-corrected chi connectivity index (χ0v) is 10.7. The van der Waals surface area contributed by atoms with E-state index in [9.17, 15) is 0 Å². The van der Waals surface area contributed by atoms with Crippen LogP contribution < -0.4 is 5.32 Å². The van der Waals surface area contributed by atoms with Gasteiger partial charge in [0.2, 0.25) is 0 Å². The van der Waals surface area contributed by atoms with Gasteiger partial charge in [0, 0.05) is 10.9 Å². The molecule has 0 aromatic carbocycles. The summed E-state index contributed by atoms with van der Waals surface area (Å²) in [5, 5.41) is 6.14. The molecule has 0 aliphatic carbocycles. The van der Waals surface area contributed by atoms with E-state index in [1.807, 2.05) is 11.3 Å². The van der Waals surface area contributed by atoms with Gasteiger partial charge in [0.25, 0.3) is 0 Å². The van der Waals surface area contributed by atoms with Crippen LogP contribution in [0.4, 0.5) is 0 Å². The molecule has 15 heavy (non-hydrogen) atoms. The predicted octanol–water partition coefficient (Wildman–Crippen LogP) is 3.00. The van der Waals surface area contributed by atoms with Crippen LogP contribution in [-0.2, 0) is 12.0 Å². The topological polar surface area (TPSA) is 12.0 Å². The number of hydrogen-bond donors (Lipinski definition) is 1. The highest BCUT2D eigenvalue weighted by Crippen LogP contribution is 2.43. The van der Waals surface area contributed by atoms with E-state index in [1.54, 1.807) is 10.4 Å². The maximum atomic E-state index is 3.87. The zero-order valence-electron chi connectivity index (χ0n) is 9.08. The minimum atomic E-state index is 0.340. The third-order valence-electron chi connectivity index (χ3n) is 3.58. The highest BCUT2D eigenvalue weighted by Gasteiger charge is 2.40. The Morgan fingerprint density at radius 3 is 3.00 bits per heavy atom. The molecule has 1 unspecified atom stereocenters. The maximum absolute atomic E-state index is 3.87. The summed E-state index contributed by atoms with van der Waals surface area (Å²) < 4.78 is 0. The smallest absolute Gasteiger partial charge is 0.0549 e. The highest BCUT2D eigenvalue weighted by atomic mass is 32.2. The molecule has 1 aromatic rings. The Kier molecular flexibility index (Phi) is 2.57. The quantitative estimate of drug-likeness (QED) is 0.747. The Morgan fingerprint density at radius 2 is 2.20 bits per heavy atom. The second-order valence-corrected chi connectivity index (χ2v) is 6.86. The SMILES string of the molecule is CC1Cc2ccsc2C2(CCSCC2)N1. The van der Waals surface area contributed by atoms with E-state index in [0.717, 1.165) is 0 Å². The van der Waals surface area contributed by atoms with Gasteiger partial charge >= 0.3 is 0 Å². The first-order valence-corrected chi connectivity index (χ1v) is 7.76. The van der Waals surface area contributed by atoms with E-state index in [-0.39, 0.29) is 0 Å². The van der Waals surface area contributed by atoms with Gasteiger partial charge < -0.3 is 5.32 Å². The Bertz CT molecular complexity index is 352. The lowest BCUT2D eigenvalue weighted by Crippen LogP contribution is -2.52. The molecule has 0 radical (unpaired) electrons. The normalized spacial score (nSPS) is 29.0. The fraction of sp³-hybridized carbons (Fsp3) is 0.667. The number of thioether (sulfide) groups is 1. The summed E-state index contributed by atoms with van der Waals surface area (Å²) >= 11 is 4.07. The average molecular weight is 239 g/mol. The van der Waals surface area contributed by atoms with Gasteiger partial charge in [-0.25, -0.2) is 0 Å². The molecule has 2 aliphatic heterocycles. The van der Waals surface area contributed by atoms with Gasteiger partial charge in [0.05, 0.1) is 5.54 Å². The summed E-state index contributed by atoms with van der Waals surface area (Å²) in [4.78, 5) is 1.64. The summed E-state index contributed by atoms with van der Waals surface area (Å²) in [5.74, 6) is 2.63. The molecule has 1 fully saturated rings. The number of thiophene rings is 1. The first-order chi connectivity index (χ1) is 7.30. The third-order valence-corrected chi connectivity index (χ3v) is 5.72. The van der Waals surface area contributed by atoms with E-state index < -0.39 is 0 Å². The van der Waals surface area contributed by atoms with E-state index in [2.05, 4.69) is 35.4 Å². The fourth-order valence-electron chi connectivity index (χ4n) is 2.93. The summed E-state index contributed by atoms with van der Waals surface area (Å²) in [6.45, 7) is 2.32. The van der Waals surface area contributed by atoms with Crippen molar-refractivity contribution in [3.8, 4) is 0 Å². The standard InChI is InChI=1S/C12H17NS2/c1-9-8-10-2-5-15-11(10)12(13-9)3-6-14-7-4-12/h2,5,9,13H,3-4,6-8H2,1H3. The summed E-state index contributed by atoms with van der Waals surface area (Å²) in [7, 11) is 0. The largest absolute Gasteiger partial charge is 0.304 e. The molecule has 1 spiro atoms. The van der Waals surface area contributed by atoms with Crippen LogP contribution in [0.1, 0.15) is 30.2 Å². The molecule has 1 saturated heterocycles. The van der Waals surface area contributed by atoms with Gasteiger partial charge in [-0.3, -0.25) is 0 Å².